The molecule has 0 radical (unpaired) electrons. The summed E-state index contributed by atoms with van der Waals surface area (Å²) in [6.07, 6.45) is 9.77. The van der Waals surface area contributed by atoms with Crippen molar-refractivity contribution in [3.8, 4) is 0 Å². The quantitative estimate of drug-likeness (QED) is 0.703. The van der Waals surface area contributed by atoms with Crippen molar-refractivity contribution in [2.45, 2.75) is 44.6 Å². The van der Waals surface area contributed by atoms with E-state index < -0.39 is 0 Å². The molecule has 0 amide bonds. The Kier molecular flexibility index (Phi) is 6.12. The van der Waals surface area contributed by atoms with Crippen LogP contribution in [0.3, 0.4) is 0 Å². The summed E-state index contributed by atoms with van der Waals surface area (Å²) < 4.78 is 0. The van der Waals surface area contributed by atoms with Gasteiger partial charge in [0.2, 0.25) is 0 Å². The average Bonchev–Trinajstić information content (AvgIpc) is 2.97. The van der Waals surface area contributed by atoms with Crippen LogP contribution in [0.2, 0.25) is 0 Å². The maximum Gasteiger partial charge on any atom is 0.0193 e. The third-order valence-corrected chi connectivity index (χ3v) is 3.92. The summed E-state index contributed by atoms with van der Waals surface area (Å²) in [7, 11) is 0. The summed E-state index contributed by atoms with van der Waals surface area (Å²) in [5.41, 5.74) is 8.89. The fraction of sp³-hybridized carbons (Fsp3) is 0.529. The average molecular weight is 258 g/mol. The predicted octanol–water partition coefficient (Wildman–Crippen LogP) is 3.04. The van der Waals surface area contributed by atoms with Crippen molar-refractivity contribution < 1.29 is 0 Å². The van der Waals surface area contributed by atoms with Gasteiger partial charge in [-0.05, 0) is 50.6 Å². The van der Waals surface area contributed by atoms with Crippen molar-refractivity contribution in [3.63, 3.8) is 0 Å². The van der Waals surface area contributed by atoms with E-state index in [2.05, 4.69) is 41.7 Å². The third kappa shape index (κ3) is 5.17. The lowest BCUT2D eigenvalue weighted by atomic mass is 10.0. The first-order valence-electron chi connectivity index (χ1n) is 7.54. The molecule has 2 nitrogen and oxygen atoms in total. The Morgan fingerprint density at radius 1 is 1.16 bits per heavy atom. The summed E-state index contributed by atoms with van der Waals surface area (Å²) in [6.45, 7) is 1.80. The molecule has 1 atom stereocenters. The van der Waals surface area contributed by atoms with E-state index in [1.165, 1.54) is 31.2 Å². The Labute approximate surface area is 117 Å². The van der Waals surface area contributed by atoms with Gasteiger partial charge in [0, 0.05) is 12.6 Å². The smallest absolute Gasteiger partial charge is 0.0193 e. The minimum Gasteiger partial charge on any atom is -0.329 e. The monoisotopic (exact) mass is 258 g/mol. The molecule has 1 unspecified atom stereocenters. The minimum absolute atomic E-state index is 0.446. The number of nitrogens with one attached hydrogen (secondary N) is 1. The van der Waals surface area contributed by atoms with E-state index in [4.69, 9.17) is 5.73 Å². The second-order valence-corrected chi connectivity index (χ2v) is 5.42. The molecule has 0 heterocycles. The van der Waals surface area contributed by atoms with Gasteiger partial charge < -0.3 is 11.1 Å². The molecule has 19 heavy (non-hydrogen) atoms. The molecule has 0 aromatic heterocycles. The highest BCUT2D eigenvalue weighted by molar-refractivity contribution is 5.14. The zero-order valence-electron chi connectivity index (χ0n) is 11.8. The Morgan fingerprint density at radius 2 is 2.00 bits per heavy atom. The van der Waals surface area contributed by atoms with Gasteiger partial charge in [-0.3, -0.25) is 0 Å². The van der Waals surface area contributed by atoms with Gasteiger partial charge in [-0.2, -0.15) is 0 Å². The number of aryl methyl sites for hydroxylation is 1. The first kappa shape index (κ1) is 14.3. The van der Waals surface area contributed by atoms with Gasteiger partial charge in [0.1, 0.15) is 0 Å². The van der Waals surface area contributed by atoms with Gasteiger partial charge in [0.05, 0.1) is 0 Å². The molecule has 1 aromatic carbocycles. The van der Waals surface area contributed by atoms with Crippen LogP contribution >= 0.6 is 0 Å². The number of nitrogens with two attached hydrogens (primary N) is 1. The first-order valence-corrected chi connectivity index (χ1v) is 7.54. The van der Waals surface area contributed by atoms with Crippen LogP contribution in [0, 0.1) is 0 Å². The van der Waals surface area contributed by atoms with Crippen LogP contribution in [-0.4, -0.2) is 19.1 Å². The number of allylic oxidation sites excluding steroid dienone is 1. The molecule has 3 N–H and O–H groups in total. The highest BCUT2D eigenvalue weighted by Crippen LogP contribution is 2.19. The normalized spacial score (nSPS) is 16.4. The molecule has 1 aliphatic rings. The Morgan fingerprint density at radius 3 is 2.68 bits per heavy atom. The maximum atomic E-state index is 5.85. The highest BCUT2D eigenvalue weighted by atomic mass is 14.9. The van der Waals surface area contributed by atoms with E-state index in [1.54, 1.807) is 5.57 Å². The van der Waals surface area contributed by atoms with E-state index >= 15 is 0 Å². The standard InChI is InChI=1S/C17H26N2/c18-14-17(11-10-15-6-2-1-3-7-15)19-13-12-16-8-4-5-9-16/h1-3,6-8,17,19H,4-5,9-14,18H2. The predicted molar refractivity (Wildman–Crippen MR) is 82.2 cm³/mol. The molecular formula is C17H26N2. The molecule has 0 saturated heterocycles. The van der Waals surface area contributed by atoms with E-state index in [9.17, 15) is 0 Å². The van der Waals surface area contributed by atoms with Crippen LogP contribution in [0.25, 0.3) is 0 Å². The molecule has 0 spiro atoms. The lowest BCUT2D eigenvalue weighted by Gasteiger charge is -2.17. The van der Waals surface area contributed by atoms with Crippen LogP contribution in [0.1, 0.15) is 37.7 Å². The van der Waals surface area contributed by atoms with Gasteiger partial charge in [-0.25, -0.2) is 0 Å². The lowest BCUT2D eigenvalue weighted by Crippen LogP contribution is -2.37. The second kappa shape index (κ2) is 8.13. The summed E-state index contributed by atoms with van der Waals surface area (Å²) in [5, 5.41) is 3.60. The number of benzene rings is 1. The summed E-state index contributed by atoms with van der Waals surface area (Å²) in [6, 6.07) is 11.1. The molecule has 1 aliphatic carbocycles. The van der Waals surface area contributed by atoms with Gasteiger partial charge in [-0.15, -0.1) is 0 Å². The maximum absolute atomic E-state index is 5.85. The minimum atomic E-state index is 0.446. The van der Waals surface area contributed by atoms with Crippen LogP contribution in [0.5, 0.6) is 0 Å². The zero-order valence-corrected chi connectivity index (χ0v) is 11.8. The van der Waals surface area contributed by atoms with E-state index in [-0.39, 0.29) is 0 Å². The zero-order chi connectivity index (χ0) is 13.3. The van der Waals surface area contributed by atoms with Gasteiger partial charge >= 0.3 is 0 Å². The topological polar surface area (TPSA) is 38.0 Å². The van der Waals surface area contributed by atoms with E-state index in [0.717, 1.165) is 25.9 Å². The van der Waals surface area contributed by atoms with Crippen molar-refractivity contribution in [2.75, 3.05) is 13.1 Å². The SMILES string of the molecule is NCC(CCc1ccccc1)NCCC1=CCCC1. The van der Waals surface area contributed by atoms with Crippen LogP contribution in [0.4, 0.5) is 0 Å². The van der Waals surface area contributed by atoms with Crippen molar-refractivity contribution in [2.24, 2.45) is 5.73 Å². The third-order valence-electron chi connectivity index (χ3n) is 3.92. The molecule has 2 rings (SSSR count). The van der Waals surface area contributed by atoms with Crippen molar-refractivity contribution in [1.29, 1.82) is 0 Å². The second-order valence-electron chi connectivity index (χ2n) is 5.42. The fourth-order valence-electron chi connectivity index (χ4n) is 2.69. The molecule has 0 saturated carbocycles. The van der Waals surface area contributed by atoms with Crippen LogP contribution in [-0.2, 0) is 6.42 Å². The van der Waals surface area contributed by atoms with E-state index in [0.29, 0.717) is 6.04 Å². The highest BCUT2D eigenvalue weighted by Gasteiger charge is 2.08. The molecule has 0 fully saturated rings. The van der Waals surface area contributed by atoms with Crippen molar-refractivity contribution in [1.82, 2.24) is 5.32 Å². The van der Waals surface area contributed by atoms with Gasteiger partial charge in [-0.1, -0.05) is 42.0 Å². The molecule has 1 aromatic rings. The number of hydrogen-bond donors (Lipinski definition) is 2. The van der Waals surface area contributed by atoms with Crippen LogP contribution in [0.15, 0.2) is 42.0 Å². The van der Waals surface area contributed by atoms with Gasteiger partial charge in [0.15, 0.2) is 0 Å². The summed E-state index contributed by atoms with van der Waals surface area (Å²) >= 11 is 0. The van der Waals surface area contributed by atoms with Crippen LogP contribution < -0.4 is 11.1 Å². The van der Waals surface area contributed by atoms with Gasteiger partial charge in [0.25, 0.3) is 0 Å². The van der Waals surface area contributed by atoms with Crippen molar-refractivity contribution >= 4 is 0 Å². The largest absolute Gasteiger partial charge is 0.329 e. The summed E-state index contributed by atoms with van der Waals surface area (Å²) in [4.78, 5) is 0. The molecule has 0 bridgehead atoms. The molecule has 104 valence electrons. The molecule has 0 aliphatic heterocycles. The summed E-state index contributed by atoms with van der Waals surface area (Å²) in [5.74, 6) is 0. The Hall–Kier alpha value is -1.12. The first-order chi connectivity index (χ1) is 9.38. The molecular weight excluding hydrogens is 232 g/mol. The number of rotatable bonds is 8. The molecule has 2 heteroatoms. The van der Waals surface area contributed by atoms with E-state index in [1.807, 2.05) is 0 Å². The van der Waals surface area contributed by atoms with Crippen molar-refractivity contribution in [3.05, 3.63) is 47.5 Å². The lowest BCUT2D eigenvalue weighted by molar-refractivity contribution is 0.489. The Bertz CT molecular complexity index is 384. The number of hydrogen-bond acceptors (Lipinski definition) is 2. The fourth-order valence-corrected chi connectivity index (χ4v) is 2.69. The Balaban J connectivity index is 1.65.